The molecule has 0 radical (unpaired) electrons. The van der Waals surface area contributed by atoms with Gasteiger partial charge in [-0.15, -0.1) is 23.7 Å². The van der Waals surface area contributed by atoms with Crippen molar-refractivity contribution in [2.24, 2.45) is 0 Å². The molecule has 0 amide bonds. The molecule has 0 spiro atoms. The number of benzene rings is 1. The average molecular weight is 392 g/mol. The van der Waals surface area contributed by atoms with Gasteiger partial charge in [0.2, 0.25) is 0 Å². The monoisotopic (exact) mass is 391 g/mol. The van der Waals surface area contributed by atoms with Crippen molar-refractivity contribution in [3.8, 4) is 0 Å². The first kappa shape index (κ1) is 21.1. The molecule has 2 nitrogen and oxygen atoms in total. The lowest BCUT2D eigenvalue weighted by Gasteiger charge is -2.31. The normalized spacial score (nSPS) is 21.2. The Morgan fingerprint density at radius 2 is 1.73 bits per heavy atom. The zero-order chi connectivity index (χ0) is 17.8. The van der Waals surface area contributed by atoms with Gasteiger partial charge in [0.15, 0.2) is 5.78 Å². The number of hydrogen-bond donors (Lipinski definition) is 1. The first-order chi connectivity index (χ1) is 12.0. The van der Waals surface area contributed by atoms with Crippen LogP contribution in [0.2, 0.25) is 0 Å². The van der Waals surface area contributed by atoms with Crippen LogP contribution in [-0.2, 0) is 0 Å². The lowest BCUT2D eigenvalue weighted by molar-refractivity contribution is 0.0943. The first-order valence-corrected chi connectivity index (χ1v) is 10.4. The van der Waals surface area contributed by atoms with E-state index < -0.39 is 0 Å². The third-order valence-corrected chi connectivity index (χ3v) is 6.37. The van der Waals surface area contributed by atoms with Crippen LogP contribution in [-0.4, -0.2) is 17.9 Å². The van der Waals surface area contributed by atoms with Crippen molar-refractivity contribution in [3.63, 3.8) is 0 Å². The minimum atomic E-state index is -0.100. The van der Waals surface area contributed by atoms with E-state index in [9.17, 15) is 4.79 Å². The van der Waals surface area contributed by atoms with Crippen LogP contribution in [0.3, 0.4) is 0 Å². The van der Waals surface area contributed by atoms with Gasteiger partial charge in [0.25, 0.3) is 0 Å². The van der Waals surface area contributed by atoms with Crippen LogP contribution < -0.4 is 5.32 Å². The van der Waals surface area contributed by atoms with Crippen molar-refractivity contribution in [1.29, 1.82) is 0 Å². The smallest absolute Gasteiger partial charge is 0.189 e. The highest BCUT2D eigenvalue weighted by Crippen LogP contribution is 2.33. The summed E-state index contributed by atoms with van der Waals surface area (Å²) in [6, 6.07) is 13.3. The van der Waals surface area contributed by atoms with Crippen LogP contribution in [0.5, 0.6) is 0 Å². The fourth-order valence-corrected chi connectivity index (χ4v) is 4.84. The minimum absolute atomic E-state index is 0. The van der Waals surface area contributed by atoms with Crippen molar-refractivity contribution in [2.75, 3.05) is 0 Å². The van der Waals surface area contributed by atoms with E-state index in [1.165, 1.54) is 24.0 Å². The second-order valence-corrected chi connectivity index (χ2v) is 8.52. The Kier molecular flexibility index (Phi) is 7.87. The lowest BCUT2D eigenvalue weighted by Crippen LogP contribution is -2.42. The predicted octanol–water partition coefficient (Wildman–Crippen LogP) is 6.18. The van der Waals surface area contributed by atoms with Gasteiger partial charge in [-0.3, -0.25) is 4.79 Å². The molecule has 4 heteroatoms. The fourth-order valence-electron chi connectivity index (χ4n) is 3.74. The maximum Gasteiger partial charge on any atom is 0.189 e. The molecule has 2 aromatic rings. The summed E-state index contributed by atoms with van der Waals surface area (Å²) >= 11 is 1.58. The molecule has 142 valence electrons. The van der Waals surface area contributed by atoms with Crippen LogP contribution in [0.4, 0.5) is 0 Å². The van der Waals surface area contributed by atoms with E-state index in [0.29, 0.717) is 17.9 Å². The van der Waals surface area contributed by atoms with E-state index >= 15 is 0 Å². The molecule has 1 aliphatic carbocycles. The third-order valence-electron chi connectivity index (χ3n) is 5.41. The number of rotatable bonds is 6. The Labute approximate surface area is 167 Å². The Bertz CT molecular complexity index is 689. The Hall–Kier alpha value is -1.16. The summed E-state index contributed by atoms with van der Waals surface area (Å²) < 4.78 is 0. The van der Waals surface area contributed by atoms with Crippen LogP contribution in [0.1, 0.15) is 79.1 Å². The van der Waals surface area contributed by atoms with Crippen molar-refractivity contribution >= 4 is 29.5 Å². The Balaban J connectivity index is 0.00000243. The number of hydrogen-bond acceptors (Lipinski definition) is 3. The minimum Gasteiger partial charge on any atom is -0.305 e. The van der Waals surface area contributed by atoms with E-state index in [-0.39, 0.29) is 24.2 Å². The highest BCUT2D eigenvalue weighted by atomic mass is 35.5. The van der Waals surface area contributed by atoms with E-state index in [2.05, 4.69) is 60.9 Å². The first-order valence-electron chi connectivity index (χ1n) is 9.48. The third kappa shape index (κ3) is 5.18. The summed E-state index contributed by atoms with van der Waals surface area (Å²) in [4.78, 5) is 13.6. The molecule has 1 unspecified atom stereocenters. The Morgan fingerprint density at radius 3 is 2.31 bits per heavy atom. The number of Topliss-reactive ketones (excluding diaryl/α,β-unsaturated/α-hetero) is 1. The van der Waals surface area contributed by atoms with Gasteiger partial charge >= 0.3 is 0 Å². The summed E-state index contributed by atoms with van der Waals surface area (Å²) in [5, 5.41) is 5.71. The maximum atomic E-state index is 12.7. The molecule has 1 atom stereocenters. The van der Waals surface area contributed by atoms with Gasteiger partial charge in [-0.25, -0.2) is 0 Å². The van der Waals surface area contributed by atoms with Crippen molar-refractivity contribution < 1.29 is 4.79 Å². The quantitative estimate of drug-likeness (QED) is 0.595. The van der Waals surface area contributed by atoms with Gasteiger partial charge in [0, 0.05) is 6.04 Å². The van der Waals surface area contributed by atoms with Crippen LogP contribution in [0.15, 0.2) is 41.8 Å². The summed E-state index contributed by atoms with van der Waals surface area (Å²) in [6.45, 7) is 6.35. The molecule has 1 heterocycles. The summed E-state index contributed by atoms with van der Waals surface area (Å²) in [5.41, 5.74) is 2.73. The number of carbonyl (C=O) groups excluding carboxylic acids is 1. The molecule has 1 N–H and O–H groups in total. The van der Waals surface area contributed by atoms with E-state index in [1.807, 2.05) is 6.92 Å². The fraction of sp³-hybridized carbons (Fsp3) is 0.500. The zero-order valence-corrected chi connectivity index (χ0v) is 17.5. The lowest BCUT2D eigenvalue weighted by atomic mass is 9.81. The van der Waals surface area contributed by atoms with Gasteiger partial charge < -0.3 is 5.32 Å². The van der Waals surface area contributed by atoms with Gasteiger partial charge in [0.1, 0.15) is 0 Å². The maximum absolute atomic E-state index is 12.7. The molecule has 0 saturated heterocycles. The van der Waals surface area contributed by atoms with Gasteiger partial charge in [0.05, 0.1) is 10.9 Å². The predicted molar refractivity (Wildman–Crippen MR) is 114 cm³/mol. The van der Waals surface area contributed by atoms with Gasteiger partial charge in [-0.1, -0.05) is 44.2 Å². The summed E-state index contributed by atoms with van der Waals surface area (Å²) in [5.74, 6) is 1.40. The largest absolute Gasteiger partial charge is 0.305 e. The SMILES string of the molecule is CC(N[C@H]1CC[C@H](c2ccccc2)CC1)C(=O)c1cc(C(C)C)cs1.Cl. The number of carbonyl (C=O) groups is 1. The van der Waals surface area contributed by atoms with Gasteiger partial charge in [-0.05, 0) is 67.0 Å². The molecular formula is C22H30ClNOS. The topological polar surface area (TPSA) is 29.1 Å². The molecule has 1 aliphatic rings. The molecule has 3 rings (SSSR count). The molecule has 1 fully saturated rings. The second kappa shape index (κ2) is 9.68. The van der Waals surface area contributed by atoms with Crippen LogP contribution in [0.25, 0.3) is 0 Å². The van der Waals surface area contributed by atoms with Gasteiger partial charge in [-0.2, -0.15) is 0 Å². The van der Waals surface area contributed by atoms with Crippen LogP contribution in [0, 0.1) is 0 Å². The highest BCUT2D eigenvalue weighted by Gasteiger charge is 2.26. The van der Waals surface area contributed by atoms with E-state index in [4.69, 9.17) is 0 Å². The summed E-state index contributed by atoms with van der Waals surface area (Å²) in [6.07, 6.45) is 4.72. The average Bonchev–Trinajstić information content (AvgIpc) is 3.13. The molecule has 1 saturated carbocycles. The van der Waals surface area contributed by atoms with E-state index in [0.717, 1.165) is 17.7 Å². The molecule has 0 bridgehead atoms. The summed E-state index contributed by atoms with van der Waals surface area (Å²) in [7, 11) is 0. The number of thiophene rings is 1. The van der Waals surface area contributed by atoms with Crippen molar-refractivity contribution in [2.45, 2.75) is 70.4 Å². The van der Waals surface area contributed by atoms with Crippen molar-refractivity contribution in [1.82, 2.24) is 5.32 Å². The standard InChI is InChI=1S/C22H29NOS.ClH/c1-15(2)19-13-21(25-14-19)22(24)16(3)23-20-11-9-18(10-12-20)17-7-5-4-6-8-17;/h4-8,13-16,18,20,23H,9-12H2,1-3H3;1H/t16?,18-,20-;. The molecule has 0 aliphatic heterocycles. The molecule has 1 aromatic heterocycles. The Morgan fingerprint density at radius 1 is 1.08 bits per heavy atom. The molecule has 1 aromatic carbocycles. The number of ketones is 1. The van der Waals surface area contributed by atoms with E-state index in [1.54, 1.807) is 11.3 Å². The van der Waals surface area contributed by atoms with Crippen molar-refractivity contribution in [3.05, 3.63) is 57.8 Å². The number of nitrogens with one attached hydrogen (secondary N) is 1. The second-order valence-electron chi connectivity index (χ2n) is 7.61. The highest BCUT2D eigenvalue weighted by molar-refractivity contribution is 7.12. The zero-order valence-electron chi connectivity index (χ0n) is 15.9. The molecular weight excluding hydrogens is 362 g/mol. The number of halogens is 1. The van der Waals surface area contributed by atoms with Crippen LogP contribution >= 0.6 is 23.7 Å². The molecule has 26 heavy (non-hydrogen) atoms.